The van der Waals surface area contributed by atoms with Crippen LogP contribution in [0, 0.1) is 0 Å². The summed E-state index contributed by atoms with van der Waals surface area (Å²) < 4.78 is 11.0. The summed E-state index contributed by atoms with van der Waals surface area (Å²) in [4.78, 5) is 4.39. The van der Waals surface area contributed by atoms with Crippen molar-refractivity contribution in [1.82, 2.24) is 10.1 Å². The fourth-order valence-corrected chi connectivity index (χ4v) is 2.71. The number of ether oxygens (including phenoxy) is 1. The molecule has 1 saturated heterocycles. The van der Waals surface area contributed by atoms with E-state index in [9.17, 15) is 0 Å². The van der Waals surface area contributed by atoms with Crippen LogP contribution in [-0.2, 0) is 10.3 Å². The van der Waals surface area contributed by atoms with Gasteiger partial charge in [-0.15, -0.1) is 0 Å². The van der Waals surface area contributed by atoms with Crippen LogP contribution in [0.1, 0.15) is 25.6 Å². The molecule has 0 spiro atoms. The van der Waals surface area contributed by atoms with Crippen molar-refractivity contribution in [3.8, 4) is 11.5 Å². The number of nitrogens with two attached hydrogens (primary N) is 1. The molecule has 3 rings (SSSR count). The molecule has 0 saturated carbocycles. The third-order valence-corrected chi connectivity index (χ3v) is 4.07. The van der Waals surface area contributed by atoms with Gasteiger partial charge in [0, 0.05) is 12.2 Å². The zero-order chi connectivity index (χ0) is 14.3. The summed E-state index contributed by atoms with van der Waals surface area (Å²) in [6, 6.07) is 3.30. The van der Waals surface area contributed by atoms with Crippen LogP contribution < -0.4 is 5.73 Å². The summed E-state index contributed by atoms with van der Waals surface area (Å²) in [5.74, 6) is 0.884. The van der Waals surface area contributed by atoms with Crippen LogP contribution >= 0.6 is 23.2 Å². The van der Waals surface area contributed by atoms with E-state index in [0.717, 1.165) is 12.8 Å². The van der Waals surface area contributed by atoms with Gasteiger partial charge < -0.3 is 15.0 Å². The quantitative estimate of drug-likeness (QED) is 0.856. The fourth-order valence-electron chi connectivity index (χ4n) is 2.22. The highest BCUT2D eigenvalue weighted by Gasteiger charge is 2.36. The van der Waals surface area contributed by atoms with Crippen molar-refractivity contribution in [1.29, 1.82) is 0 Å². The Morgan fingerprint density at radius 3 is 2.60 bits per heavy atom. The Balaban J connectivity index is 1.98. The molecule has 1 aliphatic heterocycles. The molecule has 106 valence electrons. The van der Waals surface area contributed by atoms with E-state index >= 15 is 0 Å². The summed E-state index contributed by atoms with van der Waals surface area (Å²) >= 11 is 12.0. The number of halogens is 2. The molecule has 0 aliphatic carbocycles. The van der Waals surface area contributed by atoms with E-state index in [-0.39, 0.29) is 0 Å². The van der Waals surface area contributed by atoms with Crippen molar-refractivity contribution in [3.05, 3.63) is 28.0 Å². The van der Waals surface area contributed by atoms with Crippen molar-refractivity contribution in [2.45, 2.75) is 25.4 Å². The van der Waals surface area contributed by atoms with Crippen molar-refractivity contribution in [2.75, 3.05) is 12.3 Å². The van der Waals surface area contributed by atoms with Crippen LogP contribution in [0.3, 0.4) is 0 Å². The molecule has 1 atom stereocenters. The second-order valence-electron chi connectivity index (χ2n) is 4.96. The molecule has 0 amide bonds. The average Bonchev–Trinajstić information content (AvgIpc) is 3.05. The third kappa shape index (κ3) is 2.26. The summed E-state index contributed by atoms with van der Waals surface area (Å²) in [5, 5.41) is 4.71. The van der Waals surface area contributed by atoms with Crippen LogP contribution in [0.25, 0.3) is 11.5 Å². The summed E-state index contributed by atoms with van der Waals surface area (Å²) in [7, 11) is 0. The van der Waals surface area contributed by atoms with Crippen molar-refractivity contribution < 1.29 is 9.26 Å². The Hall–Kier alpha value is -1.30. The van der Waals surface area contributed by atoms with Gasteiger partial charge in [0.1, 0.15) is 5.60 Å². The highest BCUT2D eigenvalue weighted by Crippen LogP contribution is 2.36. The minimum Gasteiger partial charge on any atom is -0.396 e. The van der Waals surface area contributed by atoms with Crippen molar-refractivity contribution in [2.24, 2.45) is 0 Å². The standard InChI is InChI=1S/C13H13Cl2N3O2/c1-13(3-2-4-19-13)12-17-11(20-18-12)7-5-8(14)10(16)9(15)6-7/h5-6H,2-4,16H2,1H3. The zero-order valence-electron chi connectivity index (χ0n) is 10.8. The number of hydrogen-bond acceptors (Lipinski definition) is 5. The first kappa shape index (κ1) is 13.7. The zero-order valence-corrected chi connectivity index (χ0v) is 12.3. The molecule has 2 heterocycles. The number of aromatic nitrogens is 2. The molecular weight excluding hydrogens is 301 g/mol. The van der Waals surface area contributed by atoms with Crippen LogP contribution in [0.5, 0.6) is 0 Å². The van der Waals surface area contributed by atoms with Crippen LogP contribution in [0.15, 0.2) is 16.7 Å². The average molecular weight is 314 g/mol. The van der Waals surface area contributed by atoms with E-state index in [0.29, 0.717) is 39.6 Å². The number of rotatable bonds is 2. The number of anilines is 1. The predicted molar refractivity (Wildman–Crippen MR) is 76.7 cm³/mol. The minimum absolute atomic E-state index is 0.336. The van der Waals surface area contributed by atoms with Crippen LogP contribution in [0.4, 0.5) is 5.69 Å². The van der Waals surface area contributed by atoms with Gasteiger partial charge in [-0.25, -0.2) is 0 Å². The van der Waals surface area contributed by atoms with Gasteiger partial charge >= 0.3 is 0 Å². The monoisotopic (exact) mass is 313 g/mol. The molecule has 1 aromatic heterocycles. The van der Waals surface area contributed by atoms with E-state index < -0.39 is 5.60 Å². The summed E-state index contributed by atoms with van der Waals surface area (Å²) in [5.41, 5.74) is 6.19. The SMILES string of the molecule is CC1(c2noc(-c3cc(Cl)c(N)c(Cl)c3)n2)CCCO1. The summed E-state index contributed by atoms with van der Waals surface area (Å²) in [6.07, 6.45) is 1.86. The van der Waals surface area contributed by atoms with Crippen LogP contribution in [-0.4, -0.2) is 16.7 Å². The van der Waals surface area contributed by atoms with Gasteiger partial charge in [0.2, 0.25) is 5.82 Å². The van der Waals surface area contributed by atoms with Gasteiger partial charge in [-0.2, -0.15) is 4.98 Å². The Morgan fingerprint density at radius 2 is 2.00 bits per heavy atom. The molecule has 2 N–H and O–H groups in total. The molecule has 0 radical (unpaired) electrons. The van der Waals surface area contributed by atoms with Gasteiger partial charge in [-0.1, -0.05) is 28.4 Å². The van der Waals surface area contributed by atoms with Crippen LogP contribution in [0.2, 0.25) is 10.0 Å². The maximum Gasteiger partial charge on any atom is 0.258 e. The highest BCUT2D eigenvalue weighted by atomic mass is 35.5. The maximum absolute atomic E-state index is 6.01. The van der Waals surface area contributed by atoms with E-state index in [1.807, 2.05) is 6.92 Å². The molecule has 1 unspecified atom stereocenters. The smallest absolute Gasteiger partial charge is 0.258 e. The third-order valence-electron chi connectivity index (χ3n) is 3.44. The topological polar surface area (TPSA) is 74.2 Å². The lowest BCUT2D eigenvalue weighted by Crippen LogP contribution is -2.21. The molecule has 0 bridgehead atoms. The number of benzene rings is 1. The van der Waals surface area contributed by atoms with E-state index in [2.05, 4.69) is 10.1 Å². The minimum atomic E-state index is -0.483. The van der Waals surface area contributed by atoms with Gasteiger partial charge in [-0.3, -0.25) is 0 Å². The number of nitrogens with zero attached hydrogens (tertiary/aromatic N) is 2. The second-order valence-corrected chi connectivity index (χ2v) is 5.77. The van der Waals surface area contributed by atoms with Crippen molar-refractivity contribution >= 4 is 28.9 Å². The Bertz CT molecular complexity index is 628. The molecule has 1 fully saturated rings. The van der Waals surface area contributed by atoms with Gasteiger partial charge in [-0.05, 0) is 31.9 Å². The fraction of sp³-hybridized carbons (Fsp3) is 0.385. The Kier molecular flexibility index (Phi) is 3.36. The number of hydrogen-bond donors (Lipinski definition) is 1. The Morgan fingerprint density at radius 1 is 1.30 bits per heavy atom. The largest absolute Gasteiger partial charge is 0.396 e. The second kappa shape index (κ2) is 4.91. The lowest BCUT2D eigenvalue weighted by Gasteiger charge is -2.17. The Labute approximate surface area is 126 Å². The van der Waals surface area contributed by atoms with E-state index in [1.54, 1.807) is 12.1 Å². The molecule has 20 heavy (non-hydrogen) atoms. The molecule has 5 nitrogen and oxygen atoms in total. The van der Waals surface area contributed by atoms with Gasteiger partial charge in [0.05, 0.1) is 15.7 Å². The first-order chi connectivity index (χ1) is 9.49. The van der Waals surface area contributed by atoms with Gasteiger partial charge in [0.25, 0.3) is 5.89 Å². The maximum atomic E-state index is 6.01. The first-order valence-electron chi connectivity index (χ1n) is 6.23. The van der Waals surface area contributed by atoms with Gasteiger partial charge in [0.15, 0.2) is 0 Å². The van der Waals surface area contributed by atoms with E-state index in [1.165, 1.54) is 0 Å². The first-order valence-corrected chi connectivity index (χ1v) is 6.98. The molecule has 2 aromatic rings. The molecule has 7 heteroatoms. The highest BCUT2D eigenvalue weighted by molar-refractivity contribution is 6.39. The molecule has 1 aromatic carbocycles. The lowest BCUT2D eigenvalue weighted by molar-refractivity contribution is 0.00768. The van der Waals surface area contributed by atoms with Crippen molar-refractivity contribution in [3.63, 3.8) is 0 Å². The lowest BCUT2D eigenvalue weighted by atomic mass is 10.0. The summed E-state index contributed by atoms with van der Waals surface area (Å²) in [6.45, 7) is 2.66. The normalized spacial score (nSPS) is 22.4. The predicted octanol–water partition coefficient (Wildman–Crippen LogP) is 3.65. The van der Waals surface area contributed by atoms with E-state index in [4.69, 9.17) is 38.2 Å². The number of nitrogen functional groups attached to an aromatic ring is 1. The molecule has 1 aliphatic rings. The molecular formula is C13H13Cl2N3O2.